The summed E-state index contributed by atoms with van der Waals surface area (Å²) >= 11 is 1.30. The van der Waals surface area contributed by atoms with E-state index in [0.717, 1.165) is 16.7 Å². The van der Waals surface area contributed by atoms with Crippen molar-refractivity contribution < 1.29 is 29.0 Å². The van der Waals surface area contributed by atoms with Crippen molar-refractivity contribution in [3.63, 3.8) is 0 Å². The number of ketones is 1. The zero-order valence-electron chi connectivity index (χ0n) is 21.6. The monoisotopic (exact) mass is 542 g/mol. The van der Waals surface area contributed by atoms with Crippen LogP contribution in [0.15, 0.2) is 72.3 Å². The van der Waals surface area contributed by atoms with Crippen LogP contribution in [0.2, 0.25) is 0 Å². The van der Waals surface area contributed by atoms with Crippen molar-refractivity contribution in [3.8, 4) is 5.75 Å². The van der Waals surface area contributed by atoms with Crippen LogP contribution in [0.4, 0.5) is 5.13 Å². The van der Waals surface area contributed by atoms with E-state index in [2.05, 4.69) is 11.9 Å². The van der Waals surface area contributed by atoms with Crippen LogP contribution in [0.3, 0.4) is 0 Å². The van der Waals surface area contributed by atoms with Gasteiger partial charge in [0.1, 0.15) is 11.5 Å². The van der Waals surface area contributed by atoms with Crippen molar-refractivity contribution in [2.75, 3.05) is 18.6 Å². The van der Waals surface area contributed by atoms with Crippen molar-refractivity contribution >= 4 is 50.1 Å². The quantitative estimate of drug-likeness (QED) is 0.139. The first-order chi connectivity index (χ1) is 18.9. The van der Waals surface area contributed by atoms with E-state index in [1.807, 2.05) is 25.1 Å². The molecule has 3 aromatic carbocycles. The summed E-state index contributed by atoms with van der Waals surface area (Å²) in [5.74, 6) is -1.82. The first-order valence-corrected chi connectivity index (χ1v) is 13.3. The number of carbonyl (C=O) groups is 3. The molecule has 5 rings (SSSR count). The van der Waals surface area contributed by atoms with Gasteiger partial charge in [0.05, 0.1) is 41.1 Å². The Morgan fingerprint density at radius 3 is 2.33 bits per heavy atom. The van der Waals surface area contributed by atoms with Crippen molar-refractivity contribution in [2.24, 2.45) is 0 Å². The molecule has 1 aliphatic heterocycles. The van der Waals surface area contributed by atoms with Crippen LogP contribution in [0, 0.1) is 0 Å². The first kappa shape index (κ1) is 26.1. The van der Waals surface area contributed by atoms with Crippen LogP contribution in [-0.2, 0) is 20.7 Å². The van der Waals surface area contributed by atoms with Crippen LogP contribution < -0.4 is 9.64 Å². The maximum atomic E-state index is 13.5. The molecule has 1 saturated heterocycles. The van der Waals surface area contributed by atoms with E-state index < -0.39 is 23.7 Å². The molecule has 4 aromatic rings. The summed E-state index contributed by atoms with van der Waals surface area (Å²) in [4.78, 5) is 45.0. The number of methoxy groups -OCH3 is 1. The number of anilines is 1. The molecule has 8 nitrogen and oxygen atoms in total. The largest absolute Gasteiger partial charge is 0.507 e. The highest BCUT2D eigenvalue weighted by atomic mass is 32.1. The normalized spacial score (nSPS) is 16.6. The number of nitrogens with zero attached hydrogens (tertiary/aromatic N) is 2. The number of amides is 1. The lowest BCUT2D eigenvalue weighted by Crippen LogP contribution is -2.29. The lowest BCUT2D eigenvalue weighted by Gasteiger charge is -2.23. The number of aryl methyl sites for hydroxylation is 1. The Bertz CT molecular complexity index is 1600. The van der Waals surface area contributed by atoms with E-state index in [1.165, 1.54) is 23.3 Å². The van der Waals surface area contributed by atoms with Gasteiger partial charge in [-0.15, -0.1) is 0 Å². The molecule has 1 atom stereocenters. The van der Waals surface area contributed by atoms with Gasteiger partial charge in [-0.2, -0.15) is 0 Å². The van der Waals surface area contributed by atoms with E-state index in [9.17, 15) is 19.5 Å². The maximum Gasteiger partial charge on any atom is 0.337 e. The molecule has 1 aliphatic rings. The number of carbonyl (C=O) groups excluding carboxylic acids is 3. The third-order valence-electron chi connectivity index (χ3n) is 6.59. The van der Waals surface area contributed by atoms with Crippen molar-refractivity contribution in [2.45, 2.75) is 26.3 Å². The molecule has 1 amide bonds. The molecule has 198 valence electrons. The zero-order chi connectivity index (χ0) is 27.7. The van der Waals surface area contributed by atoms with Gasteiger partial charge in [-0.25, -0.2) is 9.78 Å². The number of aliphatic hydroxyl groups is 1. The number of benzene rings is 3. The van der Waals surface area contributed by atoms with E-state index in [1.54, 1.807) is 48.5 Å². The molecular formula is C30H26N2O6S. The average Bonchev–Trinajstić information content (AvgIpc) is 3.50. The third-order valence-corrected chi connectivity index (χ3v) is 7.60. The molecule has 1 unspecified atom stereocenters. The topological polar surface area (TPSA) is 106 Å². The van der Waals surface area contributed by atoms with Gasteiger partial charge < -0.3 is 14.6 Å². The molecule has 0 bridgehead atoms. The summed E-state index contributed by atoms with van der Waals surface area (Å²) in [7, 11) is 1.29. The molecule has 2 heterocycles. The number of ether oxygens (including phenoxy) is 2. The highest BCUT2D eigenvalue weighted by Crippen LogP contribution is 2.44. The number of rotatable bonds is 7. The molecule has 9 heteroatoms. The number of Topliss-reactive ketones (excluding diaryl/α,β-unsaturated/α-hetero) is 1. The van der Waals surface area contributed by atoms with Crippen LogP contribution in [-0.4, -0.2) is 41.5 Å². The predicted octanol–water partition coefficient (Wildman–Crippen LogP) is 5.67. The summed E-state index contributed by atoms with van der Waals surface area (Å²) in [6, 6.07) is 18.0. The fraction of sp³-hybridized carbons (Fsp3) is 0.200. The Balaban J connectivity index is 1.67. The summed E-state index contributed by atoms with van der Waals surface area (Å²) in [5, 5.41) is 11.7. The summed E-state index contributed by atoms with van der Waals surface area (Å²) in [6.07, 6.45) is 0.850. The number of thiazole rings is 1. The molecule has 0 aliphatic carbocycles. The van der Waals surface area contributed by atoms with Gasteiger partial charge in [0.15, 0.2) is 5.13 Å². The fourth-order valence-corrected chi connectivity index (χ4v) is 5.63. The Labute approximate surface area is 229 Å². The standard InChI is InChI=1S/C30H26N2O6S/c1-4-17-6-15-22-23(16-17)39-30(31-22)32-25(18-7-9-20(10-8-18)29(36)37-3)24(27(34)28(32)35)26(33)19-11-13-21(14-12-19)38-5-2/h6-16,25,33H,4-5H2,1-3H3. The lowest BCUT2D eigenvalue weighted by atomic mass is 9.94. The van der Waals surface area contributed by atoms with Crippen molar-refractivity contribution in [1.82, 2.24) is 4.98 Å². The smallest absolute Gasteiger partial charge is 0.337 e. The molecule has 1 fully saturated rings. The van der Waals surface area contributed by atoms with Crippen molar-refractivity contribution in [3.05, 3.63) is 94.6 Å². The van der Waals surface area contributed by atoms with Crippen LogP contribution in [0.1, 0.15) is 46.9 Å². The molecule has 1 aromatic heterocycles. The average molecular weight is 543 g/mol. The second-order valence-corrected chi connectivity index (χ2v) is 9.90. The minimum Gasteiger partial charge on any atom is -0.507 e. The lowest BCUT2D eigenvalue weighted by molar-refractivity contribution is -0.132. The van der Waals surface area contributed by atoms with Gasteiger partial charge >= 0.3 is 11.9 Å². The second kappa shape index (κ2) is 10.7. The number of fused-ring (bicyclic) bond motifs is 1. The third kappa shape index (κ3) is 4.77. The zero-order valence-corrected chi connectivity index (χ0v) is 22.5. The Morgan fingerprint density at radius 2 is 1.69 bits per heavy atom. The minimum absolute atomic E-state index is 0.0662. The fourth-order valence-electron chi connectivity index (χ4n) is 4.58. The van der Waals surface area contributed by atoms with Crippen molar-refractivity contribution in [1.29, 1.82) is 0 Å². The van der Waals surface area contributed by atoms with E-state index in [0.29, 0.717) is 39.7 Å². The van der Waals surface area contributed by atoms with E-state index >= 15 is 0 Å². The number of hydrogen-bond acceptors (Lipinski definition) is 8. The highest BCUT2D eigenvalue weighted by molar-refractivity contribution is 7.22. The number of hydrogen-bond donors (Lipinski definition) is 1. The number of aromatic nitrogens is 1. The van der Waals surface area contributed by atoms with E-state index in [-0.39, 0.29) is 11.3 Å². The van der Waals surface area contributed by atoms with Crippen LogP contribution >= 0.6 is 11.3 Å². The van der Waals surface area contributed by atoms with E-state index in [4.69, 9.17) is 9.47 Å². The molecule has 0 saturated carbocycles. The van der Waals surface area contributed by atoms with Crippen LogP contribution in [0.5, 0.6) is 5.75 Å². The Morgan fingerprint density at radius 1 is 1.00 bits per heavy atom. The van der Waals surface area contributed by atoms with Crippen LogP contribution in [0.25, 0.3) is 16.0 Å². The minimum atomic E-state index is -0.963. The van der Waals surface area contributed by atoms with Gasteiger partial charge in [0.2, 0.25) is 0 Å². The molecule has 39 heavy (non-hydrogen) atoms. The molecule has 1 N–H and O–H groups in total. The van der Waals surface area contributed by atoms with Gasteiger partial charge in [0.25, 0.3) is 5.78 Å². The van der Waals surface area contributed by atoms with Gasteiger partial charge in [0, 0.05) is 5.56 Å². The summed E-state index contributed by atoms with van der Waals surface area (Å²) in [5.41, 5.74) is 2.98. The Kier molecular flexibility index (Phi) is 7.17. The second-order valence-electron chi connectivity index (χ2n) is 8.89. The molecule has 0 radical (unpaired) electrons. The van der Waals surface area contributed by atoms with Gasteiger partial charge in [-0.05, 0) is 73.0 Å². The molecule has 0 spiro atoms. The maximum absolute atomic E-state index is 13.5. The summed E-state index contributed by atoms with van der Waals surface area (Å²) in [6.45, 7) is 4.41. The van der Waals surface area contributed by atoms with Gasteiger partial charge in [-0.1, -0.05) is 36.5 Å². The number of aliphatic hydroxyl groups excluding tert-OH is 1. The van der Waals surface area contributed by atoms with Gasteiger partial charge in [-0.3, -0.25) is 14.5 Å². The SMILES string of the molecule is CCOc1ccc(C(O)=C2C(=O)C(=O)N(c3nc4ccc(CC)cc4s3)C2c2ccc(C(=O)OC)cc2)cc1. The first-order valence-electron chi connectivity index (χ1n) is 12.5. The highest BCUT2D eigenvalue weighted by Gasteiger charge is 2.48. The summed E-state index contributed by atoms with van der Waals surface area (Å²) < 4.78 is 11.2. The molecular weight excluding hydrogens is 516 g/mol. The predicted molar refractivity (Wildman–Crippen MR) is 149 cm³/mol. The Hall–Kier alpha value is -4.50. The number of esters is 1.